The molecule has 214 valence electrons. The van der Waals surface area contributed by atoms with Gasteiger partial charge in [0.05, 0.1) is 5.52 Å². The summed E-state index contributed by atoms with van der Waals surface area (Å²) in [5.41, 5.74) is 1.70. The highest BCUT2D eigenvalue weighted by Crippen LogP contribution is 2.38. The number of hydrogen-bond donors (Lipinski definition) is 1. The van der Waals surface area contributed by atoms with Crippen molar-refractivity contribution in [2.45, 2.75) is 56.1 Å². The van der Waals surface area contributed by atoms with Gasteiger partial charge in [-0.3, -0.25) is 0 Å². The van der Waals surface area contributed by atoms with Crippen LogP contribution in [-0.2, 0) is 16.6 Å². The summed E-state index contributed by atoms with van der Waals surface area (Å²) in [6, 6.07) is 8.89. The second-order valence-corrected chi connectivity index (χ2v) is 12.1. The van der Waals surface area contributed by atoms with Gasteiger partial charge in [0, 0.05) is 29.6 Å². The molecule has 0 unspecified atom stereocenters. The topological polar surface area (TPSA) is 75.2 Å². The molecular formula is C28H22F6N4O2S. The van der Waals surface area contributed by atoms with Crippen molar-refractivity contribution < 1.29 is 34.8 Å². The Labute approximate surface area is 231 Å². The lowest BCUT2D eigenvalue weighted by atomic mass is 10.0. The first-order chi connectivity index (χ1) is 19.5. The molecule has 0 bridgehead atoms. The molecule has 0 radical (unpaired) electrons. The minimum absolute atomic E-state index is 0.140. The van der Waals surface area contributed by atoms with E-state index in [2.05, 4.69) is 15.3 Å². The molecule has 0 atom stereocenters. The van der Waals surface area contributed by atoms with Gasteiger partial charge in [0.25, 0.3) is 0 Å². The third-order valence-corrected chi connectivity index (χ3v) is 9.04. The van der Waals surface area contributed by atoms with Crippen LogP contribution in [0.15, 0.2) is 41.3 Å². The summed E-state index contributed by atoms with van der Waals surface area (Å²) < 4.78 is 112. The molecule has 2 fully saturated rings. The van der Waals surface area contributed by atoms with E-state index in [0.717, 1.165) is 24.3 Å². The Morgan fingerprint density at radius 1 is 0.829 bits per heavy atom. The van der Waals surface area contributed by atoms with Crippen LogP contribution in [-0.4, -0.2) is 34.8 Å². The van der Waals surface area contributed by atoms with Gasteiger partial charge in [0.1, 0.15) is 17.5 Å². The van der Waals surface area contributed by atoms with Crippen molar-refractivity contribution in [2.24, 2.45) is 0 Å². The number of rotatable bonds is 8. The van der Waals surface area contributed by atoms with Gasteiger partial charge in [-0.2, -0.15) is 4.31 Å². The van der Waals surface area contributed by atoms with Crippen LogP contribution in [0.3, 0.4) is 0 Å². The van der Waals surface area contributed by atoms with Gasteiger partial charge in [0.2, 0.25) is 15.8 Å². The number of halogens is 6. The lowest BCUT2D eigenvalue weighted by Gasteiger charge is -2.23. The highest BCUT2D eigenvalue weighted by molar-refractivity contribution is 7.89. The van der Waals surface area contributed by atoms with Crippen LogP contribution in [0.25, 0.3) is 22.0 Å². The SMILES string of the molecule is Cc1nc(NC2CC2)c2cc(-c3ccc(F)c(CN(C4CC4)S(=O)(=O)c4c(F)c(F)c(F)c(F)c4F)c3)ccc2n1. The van der Waals surface area contributed by atoms with Gasteiger partial charge in [0.15, 0.2) is 28.2 Å². The highest BCUT2D eigenvalue weighted by Gasteiger charge is 2.43. The van der Waals surface area contributed by atoms with Gasteiger partial charge in [-0.05, 0) is 68.0 Å². The normalized spacial score (nSPS) is 15.6. The first-order valence-corrected chi connectivity index (χ1v) is 14.3. The van der Waals surface area contributed by atoms with E-state index in [-0.39, 0.29) is 18.4 Å². The summed E-state index contributed by atoms with van der Waals surface area (Å²) in [6.45, 7) is 1.10. The van der Waals surface area contributed by atoms with E-state index in [1.807, 2.05) is 6.07 Å². The molecule has 0 amide bonds. The number of nitrogens with zero attached hydrogens (tertiary/aromatic N) is 3. The number of sulfonamides is 1. The van der Waals surface area contributed by atoms with E-state index in [9.17, 15) is 30.4 Å². The average Bonchev–Trinajstić information content (AvgIpc) is 3.86. The molecule has 4 aromatic rings. The molecule has 2 aliphatic rings. The van der Waals surface area contributed by atoms with Crippen LogP contribution in [0.2, 0.25) is 0 Å². The summed E-state index contributed by atoms with van der Waals surface area (Å²) in [4.78, 5) is 7.01. The van der Waals surface area contributed by atoms with Crippen LogP contribution in [0.1, 0.15) is 37.1 Å². The molecule has 1 N–H and O–H groups in total. The first kappa shape index (κ1) is 27.5. The van der Waals surface area contributed by atoms with Crippen LogP contribution >= 0.6 is 0 Å². The molecule has 3 aromatic carbocycles. The second kappa shape index (κ2) is 9.98. The lowest BCUT2D eigenvalue weighted by Crippen LogP contribution is -2.34. The fourth-order valence-electron chi connectivity index (χ4n) is 4.70. The first-order valence-electron chi connectivity index (χ1n) is 12.8. The summed E-state index contributed by atoms with van der Waals surface area (Å²) in [5, 5.41) is 4.11. The zero-order valence-corrected chi connectivity index (χ0v) is 22.3. The zero-order chi connectivity index (χ0) is 29.2. The smallest absolute Gasteiger partial charge is 0.249 e. The standard InChI is InChI=1S/C28H22F6N4O2S/c1-13-35-21-9-3-15(11-19(21)28(36-13)37-17-4-5-17)14-2-8-20(29)16(10-14)12-38(18-6-7-18)41(39,40)27-25(33)23(31)22(30)24(32)26(27)34/h2-3,8-11,17-18H,4-7,12H2,1H3,(H,35,36,37). The van der Waals surface area contributed by atoms with Crippen molar-refractivity contribution in [3.8, 4) is 11.1 Å². The van der Waals surface area contributed by atoms with E-state index >= 15 is 4.39 Å². The van der Waals surface area contributed by atoms with E-state index in [4.69, 9.17) is 0 Å². The highest BCUT2D eigenvalue weighted by atomic mass is 32.2. The van der Waals surface area contributed by atoms with E-state index in [1.165, 1.54) is 12.1 Å². The predicted molar refractivity (Wildman–Crippen MR) is 138 cm³/mol. The maximum absolute atomic E-state index is 15.0. The third kappa shape index (κ3) is 5.01. The maximum atomic E-state index is 15.0. The molecule has 13 heteroatoms. The number of nitrogens with one attached hydrogen (secondary N) is 1. The average molecular weight is 593 g/mol. The fraction of sp³-hybridized carbons (Fsp3) is 0.286. The summed E-state index contributed by atoms with van der Waals surface area (Å²) >= 11 is 0. The number of aryl methyl sites for hydroxylation is 1. The van der Waals surface area contributed by atoms with Gasteiger partial charge in [-0.25, -0.2) is 44.7 Å². The van der Waals surface area contributed by atoms with Crippen molar-refractivity contribution in [1.29, 1.82) is 0 Å². The molecule has 0 aliphatic heterocycles. The molecule has 6 rings (SSSR count). The van der Waals surface area contributed by atoms with Crippen molar-refractivity contribution in [3.05, 3.63) is 82.7 Å². The zero-order valence-electron chi connectivity index (χ0n) is 21.5. The van der Waals surface area contributed by atoms with Crippen LogP contribution in [0.4, 0.5) is 32.2 Å². The number of aromatic nitrogens is 2. The third-order valence-electron chi connectivity index (χ3n) is 7.12. The molecule has 1 aromatic heterocycles. The molecule has 41 heavy (non-hydrogen) atoms. The van der Waals surface area contributed by atoms with Crippen LogP contribution in [0, 0.1) is 41.8 Å². The van der Waals surface area contributed by atoms with Crippen LogP contribution < -0.4 is 5.32 Å². The molecule has 0 spiro atoms. The Balaban J connectivity index is 1.39. The summed E-state index contributed by atoms with van der Waals surface area (Å²) in [5.74, 6) is -11.7. The second-order valence-electron chi connectivity index (χ2n) is 10.3. The summed E-state index contributed by atoms with van der Waals surface area (Å²) in [7, 11) is -5.25. The van der Waals surface area contributed by atoms with E-state index in [0.29, 0.717) is 38.6 Å². The molecular weight excluding hydrogens is 570 g/mol. The van der Waals surface area contributed by atoms with Gasteiger partial charge in [-0.15, -0.1) is 0 Å². The number of anilines is 1. The fourth-order valence-corrected chi connectivity index (χ4v) is 6.48. The van der Waals surface area contributed by atoms with E-state index in [1.54, 1.807) is 19.1 Å². The lowest BCUT2D eigenvalue weighted by molar-refractivity contribution is 0.345. The largest absolute Gasteiger partial charge is 0.367 e. The number of fused-ring (bicyclic) bond motifs is 1. The Morgan fingerprint density at radius 3 is 2.07 bits per heavy atom. The molecule has 2 saturated carbocycles. The molecule has 6 nitrogen and oxygen atoms in total. The molecule has 0 saturated heterocycles. The molecule has 2 aliphatic carbocycles. The van der Waals surface area contributed by atoms with Crippen molar-refractivity contribution >= 4 is 26.7 Å². The number of benzene rings is 3. The Hall–Kier alpha value is -3.71. The van der Waals surface area contributed by atoms with Crippen molar-refractivity contribution in [2.75, 3.05) is 5.32 Å². The maximum Gasteiger partial charge on any atom is 0.249 e. The minimum atomic E-state index is -5.25. The van der Waals surface area contributed by atoms with E-state index < -0.39 is 62.4 Å². The van der Waals surface area contributed by atoms with Gasteiger partial charge < -0.3 is 5.32 Å². The number of hydrogen-bond acceptors (Lipinski definition) is 5. The predicted octanol–water partition coefficient (Wildman–Crippen LogP) is 6.37. The summed E-state index contributed by atoms with van der Waals surface area (Å²) in [6.07, 6.45) is 2.60. The quantitative estimate of drug-likeness (QED) is 0.146. The van der Waals surface area contributed by atoms with Crippen molar-refractivity contribution in [1.82, 2.24) is 14.3 Å². The van der Waals surface area contributed by atoms with Crippen LogP contribution in [0.5, 0.6) is 0 Å². The van der Waals surface area contributed by atoms with Crippen molar-refractivity contribution in [3.63, 3.8) is 0 Å². The minimum Gasteiger partial charge on any atom is -0.367 e. The Morgan fingerprint density at radius 2 is 1.44 bits per heavy atom. The molecule has 1 heterocycles. The monoisotopic (exact) mass is 592 g/mol. The Bertz CT molecular complexity index is 1800. The van der Waals surface area contributed by atoms with Gasteiger partial charge >= 0.3 is 0 Å². The van der Waals surface area contributed by atoms with Gasteiger partial charge in [-0.1, -0.05) is 12.1 Å². The Kier molecular flexibility index (Phi) is 6.68.